The van der Waals surface area contributed by atoms with E-state index in [0.717, 1.165) is 0 Å². The Balaban J connectivity index is -0.00000128. The van der Waals surface area contributed by atoms with Gasteiger partial charge in [0, 0.05) is 0 Å². The van der Waals surface area contributed by atoms with Crippen LogP contribution in [0.5, 0.6) is 0 Å². The number of nitrogens with zero attached hydrogens (tertiary/aromatic N) is 1. The summed E-state index contributed by atoms with van der Waals surface area (Å²) >= 11 is 0. The fourth-order valence-corrected chi connectivity index (χ4v) is 1.19. The second-order valence-corrected chi connectivity index (χ2v) is 3.96. The van der Waals surface area contributed by atoms with Crippen molar-refractivity contribution in [2.24, 2.45) is 16.5 Å². The summed E-state index contributed by atoms with van der Waals surface area (Å²) in [4.78, 5) is 14.6. The summed E-state index contributed by atoms with van der Waals surface area (Å²) in [6, 6.07) is 0. The van der Waals surface area contributed by atoms with Crippen LogP contribution < -0.4 is 11.5 Å². The largest absolute Gasteiger partial charge is 0.480 e. The third kappa shape index (κ3) is 9.69. The van der Waals surface area contributed by atoms with Gasteiger partial charge in [-0.05, 0) is 26.2 Å². The van der Waals surface area contributed by atoms with Crippen LogP contribution in [0.3, 0.4) is 0 Å². The molecule has 0 aliphatic rings. The van der Waals surface area contributed by atoms with Crippen molar-refractivity contribution in [3.05, 3.63) is 11.9 Å². The molecule has 0 saturated carbocycles. The summed E-state index contributed by atoms with van der Waals surface area (Å²) < 4.78 is 13.2. The van der Waals surface area contributed by atoms with Crippen molar-refractivity contribution >= 4 is 36.6 Å². The van der Waals surface area contributed by atoms with Gasteiger partial charge in [-0.1, -0.05) is 13.0 Å². The third-order valence-electron chi connectivity index (χ3n) is 2.49. The van der Waals surface area contributed by atoms with Crippen LogP contribution in [0.4, 0.5) is 4.39 Å². The third-order valence-corrected chi connectivity index (χ3v) is 2.49. The van der Waals surface area contributed by atoms with E-state index in [0.29, 0.717) is 12.3 Å². The topological polar surface area (TPSA) is 102 Å². The van der Waals surface area contributed by atoms with Crippen molar-refractivity contribution in [2.75, 3.05) is 6.54 Å². The van der Waals surface area contributed by atoms with Gasteiger partial charge in [0.1, 0.15) is 11.4 Å². The molecule has 0 bridgehead atoms. The highest BCUT2D eigenvalue weighted by atomic mass is 35.5. The standard InChI is InChI=1S/C11H20FN3O2.2ClH/c1-3-11(14,10(16)17)6-4-5-9(12)7-15-8(2)13;;/h5H,3-4,6-7,14H2,1-2H3,(H2,13,15)(H,16,17);2*1H/b9-5+;;/t11-;;/m1../s1. The predicted molar refractivity (Wildman–Crippen MR) is 79.9 cm³/mol. The number of nitrogens with two attached hydrogens (primary N) is 2. The van der Waals surface area contributed by atoms with Crippen LogP contribution in [0.25, 0.3) is 0 Å². The lowest BCUT2D eigenvalue weighted by Crippen LogP contribution is -2.47. The molecule has 0 radical (unpaired) electrons. The number of hydrogen-bond donors (Lipinski definition) is 3. The van der Waals surface area contributed by atoms with Crippen molar-refractivity contribution < 1.29 is 14.3 Å². The molecule has 5 N–H and O–H groups in total. The Bertz CT molecular complexity index is 334. The maximum absolute atomic E-state index is 13.2. The number of aliphatic carboxylic acids is 1. The predicted octanol–water partition coefficient (Wildman–Crippen LogP) is 2.03. The van der Waals surface area contributed by atoms with Crippen LogP contribution in [0.15, 0.2) is 16.9 Å². The minimum absolute atomic E-state index is 0. The molecule has 1 atom stereocenters. The van der Waals surface area contributed by atoms with Crippen LogP contribution >= 0.6 is 24.8 Å². The van der Waals surface area contributed by atoms with Crippen LogP contribution in [0, 0.1) is 0 Å². The molecule has 0 aromatic rings. The SMILES string of the molecule is CC[C@@](N)(CC/C=C(/F)CN=C(C)N)C(=O)O.Cl.Cl. The number of halogens is 3. The van der Waals surface area contributed by atoms with E-state index in [9.17, 15) is 9.18 Å². The van der Waals surface area contributed by atoms with Gasteiger partial charge in [-0.15, -0.1) is 24.8 Å². The van der Waals surface area contributed by atoms with Crippen molar-refractivity contribution in [3.63, 3.8) is 0 Å². The molecule has 0 aliphatic carbocycles. The maximum Gasteiger partial charge on any atom is 0.323 e. The van der Waals surface area contributed by atoms with Crippen molar-refractivity contribution in [3.8, 4) is 0 Å². The van der Waals surface area contributed by atoms with E-state index >= 15 is 0 Å². The van der Waals surface area contributed by atoms with E-state index in [-0.39, 0.29) is 44.2 Å². The summed E-state index contributed by atoms with van der Waals surface area (Å²) in [7, 11) is 0. The van der Waals surface area contributed by atoms with Crippen LogP contribution in [-0.2, 0) is 4.79 Å². The van der Waals surface area contributed by atoms with Gasteiger partial charge >= 0.3 is 5.97 Å². The van der Waals surface area contributed by atoms with Gasteiger partial charge in [0.2, 0.25) is 0 Å². The van der Waals surface area contributed by atoms with Crippen molar-refractivity contribution in [1.29, 1.82) is 0 Å². The lowest BCUT2D eigenvalue weighted by molar-refractivity contribution is -0.143. The molecular formula is C11H22Cl2FN3O2. The molecule has 0 saturated heterocycles. The second kappa shape index (κ2) is 11.0. The Morgan fingerprint density at radius 2 is 2.00 bits per heavy atom. The smallest absolute Gasteiger partial charge is 0.323 e. The van der Waals surface area contributed by atoms with Crippen molar-refractivity contribution in [1.82, 2.24) is 0 Å². The van der Waals surface area contributed by atoms with E-state index in [1.807, 2.05) is 0 Å². The molecule has 19 heavy (non-hydrogen) atoms. The molecule has 0 aromatic heterocycles. The molecule has 0 fully saturated rings. The second-order valence-electron chi connectivity index (χ2n) is 3.96. The molecule has 0 spiro atoms. The lowest BCUT2D eigenvalue weighted by Gasteiger charge is -2.21. The number of amidine groups is 1. The summed E-state index contributed by atoms with van der Waals surface area (Å²) in [5.41, 5.74) is 9.62. The molecule has 8 heteroatoms. The Labute approximate surface area is 125 Å². The molecule has 114 valence electrons. The number of carboxylic acids is 1. The fraction of sp³-hybridized carbons (Fsp3) is 0.636. The summed E-state index contributed by atoms with van der Waals surface area (Å²) in [5.74, 6) is -1.19. The Morgan fingerprint density at radius 3 is 2.37 bits per heavy atom. The van der Waals surface area contributed by atoms with E-state index in [2.05, 4.69) is 4.99 Å². The van der Waals surface area contributed by atoms with Crippen LogP contribution in [0.1, 0.15) is 33.1 Å². The first-order valence-corrected chi connectivity index (χ1v) is 5.45. The summed E-state index contributed by atoms with van der Waals surface area (Å²) in [6.07, 6.45) is 2.06. The lowest BCUT2D eigenvalue weighted by atomic mass is 9.92. The van der Waals surface area contributed by atoms with Crippen LogP contribution in [0.2, 0.25) is 0 Å². The number of carbonyl (C=O) groups is 1. The molecule has 0 heterocycles. The average Bonchev–Trinajstić information content (AvgIpc) is 2.25. The Morgan fingerprint density at radius 1 is 1.47 bits per heavy atom. The normalized spacial score (nSPS) is 14.9. The molecule has 0 aliphatic heterocycles. The van der Waals surface area contributed by atoms with E-state index in [1.165, 1.54) is 6.08 Å². The minimum Gasteiger partial charge on any atom is -0.480 e. The number of hydrogen-bond acceptors (Lipinski definition) is 3. The number of allylic oxidation sites excluding steroid dienone is 1. The van der Waals surface area contributed by atoms with Gasteiger partial charge in [0.25, 0.3) is 0 Å². The van der Waals surface area contributed by atoms with E-state index < -0.39 is 17.3 Å². The molecule has 0 rings (SSSR count). The molecule has 0 aromatic carbocycles. The first-order chi connectivity index (χ1) is 7.81. The zero-order valence-corrected chi connectivity index (χ0v) is 12.7. The average molecular weight is 318 g/mol. The van der Waals surface area contributed by atoms with Gasteiger partial charge in [-0.2, -0.15) is 0 Å². The minimum atomic E-state index is -1.29. The molecular weight excluding hydrogens is 296 g/mol. The van der Waals surface area contributed by atoms with Gasteiger partial charge in [-0.25, -0.2) is 4.39 Å². The monoisotopic (exact) mass is 317 g/mol. The Kier molecular flexibility index (Phi) is 13.5. The molecule has 5 nitrogen and oxygen atoms in total. The quantitative estimate of drug-likeness (QED) is 0.494. The van der Waals surface area contributed by atoms with Gasteiger partial charge < -0.3 is 16.6 Å². The Hall–Kier alpha value is -0.850. The van der Waals surface area contributed by atoms with Crippen LogP contribution in [-0.4, -0.2) is 29.0 Å². The van der Waals surface area contributed by atoms with Gasteiger partial charge in [0.15, 0.2) is 0 Å². The highest BCUT2D eigenvalue weighted by Crippen LogP contribution is 2.16. The van der Waals surface area contributed by atoms with Gasteiger partial charge in [0.05, 0.1) is 12.4 Å². The zero-order chi connectivity index (χ0) is 13.5. The van der Waals surface area contributed by atoms with E-state index in [4.69, 9.17) is 16.6 Å². The first kappa shape index (κ1) is 23.3. The molecule has 0 unspecified atom stereocenters. The fourth-order valence-electron chi connectivity index (χ4n) is 1.19. The zero-order valence-electron chi connectivity index (χ0n) is 11.1. The molecule has 0 amide bonds. The summed E-state index contributed by atoms with van der Waals surface area (Å²) in [6.45, 7) is 3.15. The number of carboxylic acid groups (broad SMARTS) is 1. The number of aliphatic imine (C=N–C) groups is 1. The van der Waals surface area contributed by atoms with Gasteiger partial charge in [-0.3, -0.25) is 9.79 Å². The highest BCUT2D eigenvalue weighted by Gasteiger charge is 2.30. The van der Waals surface area contributed by atoms with E-state index in [1.54, 1.807) is 13.8 Å². The number of rotatable bonds is 7. The van der Waals surface area contributed by atoms with Crippen molar-refractivity contribution in [2.45, 2.75) is 38.6 Å². The summed E-state index contributed by atoms with van der Waals surface area (Å²) in [5, 5.41) is 8.90. The highest BCUT2D eigenvalue weighted by molar-refractivity contribution is 5.85. The maximum atomic E-state index is 13.2. The first-order valence-electron chi connectivity index (χ1n) is 5.45.